The monoisotopic (exact) mass is 403 g/mol. The Kier molecular flexibility index (Phi) is 5.93. The lowest BCUT2D eigenvalue weighted by Crippen LogP contribution is -2.46. The molecule has 0 fully saturated rings. The molecule has 140 valence electrons. The Morgan fingerprint density at radius 3 is 2.46 bits per heavy atom. The Labute approximate surface area is 159 Å². The van der Waals surface area contributed by atoms with Gasteiger partial charge in [-0.2, -0.15) is 0 Å². The Morgan fingerprint density at radius 1 is 1.27 bits per heavy atom. The fourth-order valence-electron chi connectivity index (χ4n) is 2.33. The number of pyridine rings is 1. The molecule has 0 aliphatic heterocycles. The van der Waals surface area contributed by atoms with E-state index in [2.05, 4.69) is 10.3 Å². The molecular weight excluding hydrogens is 387 g/mol. The van der Waals surface area contributed by atoms with Crippen molar-refractivity contribution in [2.24, 2.45) is 0 Å². The van der Waals surface area contributed by atoms with Gasteiger partial charge >= 0.3 is 6.09 Å². The van der Waals surface area contributed by atoms with Gasteiger partial charge in [-0.05, 0) is 38.0 Å². The predicted molar refractivity (Wildman–Crippen MR) is 97.5 cm³/mol. The van der Waals surface area contributed by atoms with Gasteiger partial charge in [0.2, 0.25) is 0 Å². The van der Waals surface area contributed by atoms with Gasteiger partial charge in [-0.1, -0.05) is 23.2 Å². The first-order valence-corrected chi connectivity index (χ1v) is 8.29. The van der Waals surface area contributed by atoms with Crippen LogP contribution in [0.25, 0.3) is 0 Å². The van der Waals surface area contributed by atoms with Gasteiger partial charge in [0, 0.05) is 30.5 Å². The smallest absolute Gasteiger partial charge is 0.407 e. The van der Waals surface area contributed by atoms with Crippen LogP contribution in [0.4, 0.5) is 25.1 Å². The SMILES string of the molecule is CN(C(=O)O)C(C)(C)Cc1cc(F)c(F)cc1Nc1ncc(Cl)cc1Cl. The lowest BCUT2D eigenvalue weighted by Gasteiger charge is -2.34. The molecule has 0 aliphatic carbocycles. The number of amides is 1. The van der Waals surface area contributed by atoms with E-state index in [4.69, 9.17) is 23.2 Å². The molecule has 26 heavy (non-hydrogen) atoms. The molecule has 0 atom stereocenters. The average Bonchev–Trinajstić information content (AvgIpc) is 2.53. The molecule has 0 unspecified atom stereocenters. The van der Waals surface area contributed by atoms with Gasteiger partial charge in [0.25, 0.3) is 0 Å². The van der Waals surface area contributed by atoms with Crippen LogP contribution in [-0.2, 0) is 6.42 Å². The van der Waals surface area contributed by atoms with Gasteiger partial charge in [0.15, 0.2) is 11.6 Å². The van der Waals surface area contributed by atoms with E-state index in [9.17, 15) is 18.7 Å². The highest BCUT2D eigenvalue weighted by atomic mass is 35.5. The van der Waals surface area contributed by atoms with Crippen molar-refractivity contribution in [1.82, 2.24) is 9.88 Å². The van der Waals surface area contributed by atoms with Gasteiger partial charge in [-0.15, -0.1) is 0 Å². The molecule has 1 heterocycles. The highest BCUT2D eigenvalue weighted by molar-refractivity contribution is 6.36. The zero-order valence-corrected chi connectivity index (χ0v) is 15.8. The van der Waals surface area contributed by atoms with Crippen LogP contribution in [0, 0.1) is 11.6 Å². The van der Waals surface area contributed by atoms with Crippen LogP contribution in [0.1, 0.15) is 19.4 Å². The molecule has 0 radical (unpaired) electrons. The quantitative estimate of drug-likeness (QED) is 0.706. The molecule has 5 nitrogen and oxygen atoms in total. The van der Waals surface area contributed by atoms with Crippen LogP contribution >= 0.6 is 23.2 Å². The third-order valence-corrected chi connectivity index (χ3v) is 4.52. The van der Waals surface area contributed by atoms with E-state index in [1.165, 1.54) is 19.3 Å². The number of hydrogen-bond acceptors (Lipinski definition) is 3. The van der Waals surface area contributed by atoms with E-state index in [1.807, 2.05) is 0 Å². The summed E-state index contributed by atoms with van der Waals surface area (Å²) in [6.07, 6.45) is 0.354. The van der Waals surface area contributed by atoms with E-state index in [1.54, 1.807) is 13.8 Å². The van der Waals surface area contributed by atoms with Crippen molar-refractivity contribution in [2.45, 2.75) is 25.8 Å². The second kappa shape index (κ2) is 7.63. The van der Waals surface area contributed by atoms with Crippen molar-refractivity contribution in [3.8, 4) is 0 Å². The molecule has 2 rings (SSSR count). The number of rotatable bonds is 5. The van der Waals surface area contributed by atoms with Crippen molar-refractivity contribution in [2.75, 3.05) is 12.4 Å². The summed E-state index contributed by atoms with van der Waals surface area (Å²) in [6.45, 7) is 3.36. The first kappa shape index (κ1) is 20.2. The lowest BCUT2D eigenvalue weighted by atomic mass is 9.92. The van der Waals surface area contributed by atoms with Crippen LogP contribution in [-0.4, -0.2) is 33.7 Å². The highest BCUT2D eigenvalue weighted by Crippen LogP contribution is 2.31. The Bertz CT molecular complexity index is 847. The van der Waals surface area contributed by atoms with E-state index >= 15 is 0 Å². The number of nitrogens with one attached hydrogen (secondary N) is 1. The molecule has 0 saturated heterocycles. The normalized spacial score (nSPS) is 11.3. The lowest BCUT2D eigenvalue weighted by molar-refractivity contribution is 0.110. The van der Waals surface area contributed by atoms with Crippen molar-refractivity contribution < 1.29 is 18.7 Å². The van der Waals surface area contributed by atoms with Crippen molar-refractivity contribution in [1.29, 1.82) is 0 Å². The zero-order chi connectivity index (χ0) is 19.6. The van der Waals surface area contributed by atoms with Crippen LogP contribution in [0.2, 0.25) is 10.0 Å². The minimum absolute atomic E-state index is 0.126. The third-order valence-electron chi connectivity index (χ3n) is 4.02. The minimum Gasteiger partial charge on any atom is -0.465 e. The second-order valence-corrected chi connectivity index (χ2v) is 7.21. The topological polar surface area (TPSA) is 65.5 Å². The van der Waals surface area contributed by atoms with E-state index < -0.39 is 23.3 Å². The zero-order valence-electron chi connectivity index (χ0n) is 14.3. The Hall–Kier alpha value is -2.12. The van der Waals surface area contributed by atoms with Crippen LogP contribution in [0.5, 0.6) is 0 Å². The number of benzene rings is 1. The molecule has 0 bridgehead atoms. The van der Waals surface area contributed by atoms with E-state index in [0.717, 1.165) is 17.0 Å². The summed E-state index contributed by atoms with van der Waals surface area (Å²) in [6, 6.07) is 3.47. The summed E-state index contributed by atoms with van der Waals surface area (Å²) in [7, 11) is 1.41. The molecule has 2 N–H and O–H groups in total. The minimum atomic E-state index is -1.13. The number of nitrogens with zero attached hydrogens (tertiary/aromatic N) is 2. The summed E-state index contributed by atoms with van der Waals surface area (Å²) < 4.78 is 27.5. The van der Waals surface area contributed by atoms with Gasteiger partial charge in [-0.25, -0.2) is 18.6 Å². The second-order valence-electron chi connectivity index (χ2n) is 6.36. The number of carbonyl (C=O) groups is 1. The molecule has 1 amide bonds. The summed E-state index contributed by atoms with van der Waals surface area (Å²) in [5, 5.41) is 12.6. The fourth-order valence-corrected chi connectivity index (χ4v) is 2.76. The predicted octanol–water partition coefficient (Wildman–Crippen LogP) is 5.34. The molecule has 1 aromatic carbocycles. The van der Waals surface area contributed by atoms with Crippen molar-refractivity contribution in [3.63, 3.8) is 0 Å². The third kappa shape index (κ3) is 4.53. The number of anilines is 2. The number of halogens is 4. The molecule has 0 spiro atoms. The maximum absolute atomic E-state index is 13.8. The molecule has 2 aromatic rings. The van der Waals surface area contributed by atoms with E-state index in [-0.39, 0.29) is 22.9 Å². The molecular formula is C17H17Cl2F2N3O2. The van der Waals surface area contributed by atoms with Crippen LogP contribution in [0.15, 0.2) is 24.4 Å². The standard InChI is InChI=1S/C17H17Cl2F2N3O2/c1-17(2,24(3)16(25)26)7-9-4-12(20)13(21)6-14(9)23-15-11(19)5-10(18)8-22-15/h4-6,8H,7H2,1-3H3,(H,22,23)(H,25,26). The first-order valence-electron chi connectivity index (χ1n) is 7.54. The summed E-state index contributed by atoms with van der Waals surface area (Å²) in [5.41, 5.74) is -0.272. The number of carboxylic acid groups (broad SMARTS) is 1. The maximum Gasteiger partial charge on any atom is 0.407 e. The van der Waals surface area contributed by atoms with Crippen molar-refractivity contribution >= 4 is 40.8 Å². The number of likely N-dealkylation sites (N-methyl/N-ethyl adjacent to an activating group) is 1. The van der Waals surface area contributed by atoms with Gasteiger partial charge in [-0.3, -0.25) is 0 Å². The number of aromatic nitrogens is 1. The summed E-state index contributed by atoms with van der Waals surface area (Å²) in [5.74, 6) is -1.87. The summed E-state index contributed by atoms with van der Waals surface area (Å²) >= 11 is 11.9. The van der Waals surface area contributed by atoms with Gasteiger partial charge in [0.1, 0.15) is 5.82 Å². The molecule has 9 heteroatoms. The van der Waals surface area contributed by atoms with Crippen molar-refractivity contribution in [3.05, 3.63) is 51.6 Å². The first-order chi connectivity index (χ1) is 12.0. The molecule has 0 aliphatic rings. The van der Waals surface area contributed by atoms with Gasteiger partial charge in [0.05, 0.1) is 10.0 Å². The largest absolute Gasteiger partial charge is 0.465 e. The average molecular weight is 404 g/mol. The molecule has 0 saturated carbocycles. The maximum atomic E-state index is 13.8. The molecule has 1 aromatic heterocycles. The number of hydrogen-bond donors (Lipinski definition) is 2. The van der Waals surface area contributed by atoms with Crippen LogP contribution in [0.3, 0.4) is 0 Å². The summed E-state index contributed by atoms with van der Waals surface area (Å²) in [4.78, 5) is 16.4. The van der Waals surface area contributed by atoms with E-state index in [0.29, 0.717) is 10.6 Å². The fraction of sp³-hybridized carbons (Fsp3) is 0.294. The highest BCUT2D eigenvalue weighted by Gasteiger charge is 2.29. The van der Waals surface area contributed by atoms with Gasteiger partial charge < -0.3 is 15.3 Å². The Morgan fingerprint density at radius 2 is 1.88 bits per heavy atom. The Balaban J connectivity index is 2.43. The van der Waals surface area contributed by atoms with Crippen LogP contribution < -0.4 is 5.32 Å².